The molecule has 0 bridgehead atoms. The molecule has 1 heterocycles. The normalized spacial score (nSPS) is 10.4. The Balaban J connectivity index is 2.25. The summed E-state index contributed by atoms with van der Waals surface area (Å²) in [5, 5.41) is 0.439. The number of nitrogens with zero attached hydrogens (tertiary/aromatic N) is 1. The summed E-state index contributed by atoms with van der Waals surface area (Å²) in [7, 11) is 1.50. The highest BCUT2D eigenvalue weighted by Crippen LogP contribution is 2.30. The fourth-order valence-electron chi connectivity index (χ4n) is 1.91. The van der Waals surface area contributed by atoms with Gasteiger partial charge in [-0.1, -0.05) is 0 Å². The van der Waals surface area contributed by atoms with E-state index >= 15 is 0 Å². The number of aromatic amines is 1. The fourth-order valence-corrected chi connectivity index (χ4v) is 1.91. The van der Waals surface area contributed by atoms with Crippen LogP contribution in [-0.2, 0) is 9.53 Å². The lowest BCUT2D eigenvalue weighted by Gasteiger charge is -2.11. The molecule has 0 saturated carbocycles. The minimum absolute atomic E-state index is 0.221. The van der Waals surface area contributed by atoms with Gasteiger partial charge in [0.05, 0.1) is 31.2 Å². The van der Waals surface area contributed by atoms with Gasteiger partial charge in [0, 0.05) is 12.5 Å². The average molecular weight is 292 g/mol. The number of hydrogen-bond acceptors (Lipinski definition) is 6. The zero-order valence-electron chi connectivity index (χ0n) is 11.8. The lowest BCUT2D eigenvalue weighted by atomic mass is 10.2. The van der Waals surface area contributed by atoms with Crippen LogP contribution in [0.25, 0.3) is 10.9 Å². The molecule has 7 nitrogen and oxygen atoms in total. The van der Waals surface area contributed by atoms with Crippen molar-refractivity contribution in [2.75, 3.05) is 20.3 Å². The molecular formula is C14H16N2O5. The number of fused-ring (bicyclic) bond motifs is 1. The molecule has 21 heavy (non-hydrogen) atoms. The Morgan fingerprint density at radius 1 is 1.29 bits per heavy atom. The summed E-state index contributed by atoms with van der Waals surface area (Å²) in [6.07, 6.45) is 0.557. The number of carbonyl (C=O) groups is 1. The highest BCUT2D eigenvalue weighted by Gasteiger charge is 2.10. The summed E-state index contributed by atoms with van der Waals surface area (Å²) in [6.45, 7) is 2.76. The lowest BCUT2D eigenvalue weighted by molar-refractivity contribution is -0.128. The van der Waals surface area contributed by atoms with Gasteiger partial charge in [-0.05, 0) is 13.0 Å². The van der Waals surface area contributed by atoms with E-state index in [0.29, 0.717) is 47.7 Å². The molecule has 112 valence electrons. The van der Waals surface area contributed by atoms with Gasteiger partial charge in [-0.3, -0.25) is 9.59 Å². The van der Waals surface area contributed by atoms with E-state index in [1.807, 2.05) is 0 Å². The molecule has 0 spiro atoms. The minimum atomic E-state index is -0.221. The van der Waals surface area contributed by atoms with E-state index < -0.39 is 0 Å². The third kappa shape index (κ3) is 3.50. The summed E-state index contributed by atoms with van der Waals surface area (Å²) >= 11 is 0. The second-order valence-corrected chi connectivity index (χ2v) is 4.34. The molecule has 0 amide bonds. The first-order chi connectivity index (χ1) is 10.2. The molecule has 0 saturated heterocycles. The molecule has 1 N–H and O–H groups in total. The summed E-state index contributed by atoms with van der Waals surface area (Å²) < 4.78 is 15.4. The van der Waals surface area contributed by atoms with E-state index in [1.165, 1.54) is 7.11 Å². The molecule has 7 heteroatoms. The number of hydrogen-bond donors (Lipinski definition) is 1. The number of rotatable bonds is 7. The highest BCUT2D eigenvalue weighted by molar-refractivity contribution is 5.81. The van der Waals surface area contributed by atoms with Gasteiger partial charge < -0.3 is 19.2 Å². The Morgan fingerprint density at radius 3 is 2.81 bits per heavy atom. The molecule has 0 aliphatic carbocycles. The maximum Gasteiger partial charge on any atom is 0.293 e. The van der Waals surface area contributed by atoms with Crippen molar-refractivity contribution in [2.45, 2.75) is 13.3 Å². The molecule has 0 aliphatic rings. The number of aryl methyl sites for hydroxylation is 1. The van der Waals surface area contributed by atoms with Gasteiger partial charge >= 0.3 is 0 Å². The quantitative estimate of drug-likeness (QED) is 0.609. The Labute approximate surface area is 120 Å². The van der Waals surface area contributed by atoms with Crippen LogP contribution in [0.3, 0.4) is 0 Å². The van der Waals surface area contributed by atoms with Gasteiger partial charge in [0.15, 0.2) is 11.5 Å². The number of benzene rings is 1. The monoisotopic (exact) mass is 292 g/mol. The number of methoxy groups -OCH3 is 1. The second kappa shape index (κ2) is 6.74. The van der Waals surface area contributed by atoms with Crippen molar-refractivity contribution >= 4 is 17.4 Å². The molecule has 0 unspecified atom stereocenters. The molecule has 0 fully saturated rings. The van der Waals surface area contributed by atoms with Crippen molar-refractivity contribution in [3.8, 4) is 11.5 Å². The SMILES string of the molecule is COc1cc2c(=O)[nH]c(C)nc2cc1OCCCOC=O. The largest absolute Gasteiger partial charge is 0.493 e. The van der Waals surface area contributed by atoms with E-state index in [1.54, 1.807) is 19.1 Å². The Bertz CT molecular complexity index is 696. The van der Waals surface area contributed by atoms with Crippen LogP contribution in [0.15, 0.2) is 16.9 Å². The molecule has 0 atom stereocenters. The van der Waals surface area contributed by atoms with E-state index in [-0.39, 0.29) is 12.2 Å². The maximum atomic E-state index is 11.9. The molecule has 1 aromatic heterocycles. The van der Waals surface area contributed by atoms with Crippen molar-refractivity contribution in [3.63, 3.8) is 0 Å². The maximum absolute atomic E-state index is 11.9. The van der Waals surface area contributed by atoms with Crippen LogP contribution in [0.4, 0.5) is 0 Å². The zero-order chi connectivity index (χ0) is 15.2. The predicted molar refractivity (Wildman–Crippen MR) is 75.8 cm³/mol. The summed E-state index contributed by atoms with van der Waals surface area (Å²) in [5.74, 6) is 1.48. The standard InChI is InChI=1S/C14H16N2O5/c1-9-15-11-7-13(21-5-3-4-20-8-17)12(19-2)6-10(11)14(18)16-9/h6-8H,3-5H2,1-2H3,(H,15,16,18). The fraction of sp³-hybridized carbons (Fsp3) is 0.357. The summed E-state index contributed by atoms with van der Waals surface area (Å²) in [5.41, 5.74) is 0.318. The molecule has 0 radical (unpaired) electrons. The Kier molecular flexibility index (Phi) is 4.76. The molecule has 2 aromatic rings. The van der Waals surface area contributed by atoms with Crippen molar-refractivity contribution in [1.82, 2.24) is 9.97 Å². The molecular weight excluding hydrogens is 276 g/mol. The van der Waals surface area contributed by atoms with Gasteiger partial charge in [-0.25, -0.2) is 4.98 Å². The van der Waals surface area contributed by atoms with Crippen LogP contribution in [0.1, 0.15) is 12.2 Å². The van der Waals surface area contributed by atoms with Crippen LogP contribution in [-0.4, -0.2) is 36.8 Å². The van der Waals surface area contributed by atoms with Crippen molar-refractivity contribution in [1.29, 1.82) is 0 Å². The van der Waals surface area contributed by atoms with Crippen LogP contribution in [0, 0.1) is 6.92 Å². The van der Waals surface area contributed by atoms with E-state index in [9.17, 15) is 9.59 Å². The molecule has 2 rings (SSSR count). The first kappa shape index (κ1) is 14.8. The zero-order valence-corrected chi connectivity index (χ0v) is 11.8. The first-order valence-electron chi connectivity index (χ1n) is 6.42. The number of aromatic nitrogens is 2. The molecule has 1 aromatic carbocycles. The van der Waals surface area contributed by atoms with Crippen molar-refractivity contribution in [2.24, 2.45) is 0 Å². The van der Waals surface area contributed by atoms with E-state index in [4.69, 9.17) is 9.47 Å². The van der Waals surface area contributed by atoms with Crippen molar-refractivity contribution in [3.05, 3.63) is 28.3 Å². The number of ether oxygens (including phenoxy) is 3. The van der Waals surface area contributed by atoms with Gasteiger partial charge in [-0.2, -0.15) is 0 Å². The van der Waals surface area contributed by atoms with Gasteiger partial charge in [0.1, 0.15) is 5.82 Å². The predicted octanol–water partition coefficient (Wildman–Crippen LogP) is 1.18. The topological polar surface area (TPSA) is 90.5 Å². The van der Waals surface area contributed by atoms with Crippen molar-refractivity contribution < 1.29 is 19.0 Å². The summed E-state index contributed by atoms with van der Waals surface area (Å²) in [6, 6.07) is 3.26. The van der Waals surface area contributed by atoms with Gasteiger partial charge in [-0.15, -0.1) is 0 Å². The number of carbonyl (C=O) groups excluding carboxylic acids is 1. The highest BCUT2D eigenvalue weighted by atomic mass is 16.5. The average Bonchev–Trinajstić information content (AvgIpc) is 2.46. The van der Waals surface area contributed by atoms with E-state index in [2.05, 4.69) is 14.7 Å². The van der Waals surface area contributed by atoms with Gasteiger partial charge in [0.2, 0.25) is 0 Å². The molecule has 0 aliphatic heterocycles. The summed E-state index contributed by atoms with van der Waals surface area (Å²) in [4.78, 5) is 28.8. The first-order valence-corrected chi connectivity index (χ1v) is 6.42. The Morgan fingerprint density at radius 2 is 2.10 bits per heavy atom. The van der Waals surface area contributed by atoms with Crippen LogP contribution >= 0.6 is 0 Å². The Hall–Kier alpha value is -2.57. The van der Waals surface area contributed by atoms with Gasteiger partial charge in [0.25, 0.3) is 12.0 Å². The van der Waals surface area contributed by atoms with Crippen LogP contribution in [0.5, 0.6) is 11.5 Å². The van der Waals surface area contributed by atoms with Crippen LogP contribution in [0.2, 0.25) is 0 Å². The smallest absolute Gasteiger partial charge is 0.293 e. The third-order valence-corrected chi connectivity index (χ3v) is 2.84. The second-order valence-electron chi connectivity index (χ2n) is 4.34. The lowest BCUT2D eigenvalue weighted by Crippen LogP contribution is -2.10. The number of H-pyrrole nitrogens is 1. The van der Waals surface area contributed by atoms with Crippen LogP contribution < -0.4 is 15.0 Å². The minimum Gasteiger partial charge on any atom is -0.493 e. The van der Waals surface area contributed by atoms with E-state index in [0.717, 1.165) is 0 Å². The number of nitrogens with one attached hydrogen (secondary N) is 1. The third-order valence-electron chi connectivity index (χ3n) is 2.84.